The topological polar surface area (TPSA) is 33.0 Å². The molecule has 0 heterocycles. The molecule has 0 fully saturated rings. The zero-order chi connectivity index (χ0) is 14.6. The van der Waals surface area contributed by atoms with Gasteiger partial charge in [0.05, 0.1) is 18.2 Å². The number of rotatable bonds is 10. The maximum absolute atomic E-state index is 13.5. The number of ether oxygens (including phenoxy) is 1. The first-order chi connectivity index (χ1) is 9.77. The summed E-state index contributed by atoms with van der Waals surface area (Å²) in [7, 11) is 0. The number of benzene rings is 1. The summed E-state index contributed by atoms with van der Waals surface area (Å²) in [6, 6.07) is 6.19. The third-order valence-corrected chi connectivity index (χ3v) is 3.44. The van der Waals surface area contributed by atoms with Crippen molar-refractivity contribution in [3.63, 3.8) is 0 Å². The molecule has 0 aliphatic rings. The van der Waals surface area contributed by atoms with Crippen LogP contribution in [-0.2, 0) is 0 Å². The van der Waals surface area contributed by atoms with Crippen LogP contribution in [0.5, 0.6) is 5.75 Å². The van der Waals surface area contributed by atoms with Crippen molar-refractivity contribution in [2.75, 3.05) is 12.4 Å². The first-order valence-corrected chi connectivity index (χ1v) is 7.84. The number of nitrogens with zero attached hydrogens (tertiary/aromatic N) is 1. The van der Waals surface area contributed by atoms with Gasteiger partial charge in [-0.3, -0.25) is 0 Å². The van der Waals surface area contributed by atoms with E-state index in [1.54, 1.807) is 6.07 Å². The van der Waals surface area contributed by atoms with E-state index < -0.39 is 5.82 Å². The van der Waals surface area contributed by atoms with Crippen LogP contribution >= 0.6 is 12.6 Å². The van der Waals surface area contributed by atoms with Crippen LogP contribution in [0, 0.1) is 17.1 Å². The van der Waals surface area contributed by atoms with Crippen molar-refractivity contribution < 1.29 is 9.13 Å². The molecule has 0 bridgehead atoms. The summed E-state index contributed by atoms with van der Waals surface area (Å²) < 4.78 is 18.9. The molecular formula is C16H22FNOS. The molecule has 2 nitrogen and oxygen atoms in total. The van der Waals surface area contributed by atoms with Gasteiger partial charge in [-0.1, -0.05) is 32.1 Å². The number of hydrogen-bond acceptors (Lipinski definition) is 3. The summed E-state index contributed by atoms with van der Waals surface area (Å²) in [6.45, 7) is 0.527. The number of unbranched alkanes of at least 4 members (excludes halogenated alkanes) is 6. The lowest BCUT2D eigenvalue weighted by Gasteiger charge is -2.07. The van der Waals surface area contributed by atoms with Crippen LogP contribution in [0.4, 0.5) is 4.39 Å². The van der Waals surface area contributed by atoms with E-state index in [1.165, 1.54) is 44.2 Å². The lowest BCUT2D eigenvalue weighted by molar-refractivity contribution is 0.290. The van der Waals surface area contributed by atoms with Crippen LogP contribution in [0.25, 0.3) is 0 Å². The Kier molecular flexibility index (Phi) is 8.90. The maximum Gasteiger partial charge on any atom is 0.166 e. The minimum Gasteiger partial charge on any atom is -0.491 e. The van der Waals surface area contributed by atoms with Crippen molar-refractivity contribution in [1.29, 1.82) is 5.26 Å². The molecule has 1 aromatic rings. The third kappa shape index (κ3) is 6.81. The fourth-order valence-electron chi connectivity index (χ4n) is 1.97. The van der Waals surface area contributed by atoms with Crippen molar-refractivity contribution in [3.8, 4) is 11.8 Å². The van der Waals surface area contributed by atoms with Gasteiger partial charge >= 0.3 is 0 Å². The molecule has 0 saturated carbocycles. The average Bonchev–Trinajstić information content (AvgIpc) is 2.47. The summed E-state index contributed by atoms with van der Waals surface area (Å²) in [5.41, 5.74) is 0.316. The second-order valence-electron chi connectivity index (χ2n) is 4.80. The molecule has 4 heteroatoms. The predicted molar refractivity (Wildman–Crippen MR) is 82.8 cm³/mol. The monoisotopic (exact) mass is 295 g/mol. The van der Waals surface area contributed by atoms with Crippen LogP contribution in [0.1, 0.15) is 50.5 Å². The number of thiol groups is 1. The molecule has 110 valence electrons. The van der Waals surface area contributed by atoms with Gasteiger partial charge in [-0.25, -0.2) is 4.39 Å². The molecule has 0 saturated heterocycles. The molecule has 20 heavy (non-hydrogen) atoms. The smallest absolute Gasteiger partial charge is 0.166 e. The van der Waals surface area contributed by atoms with Crippen LogP contribution in [0.15, 0.2) is 18.2 Å². The second-order valence-corrected chi connectivity index (χ2v) is 5.25. The molecule has 0 radical (unpaired) electrons. The predicted octanol–water partition coefficient (Wildman–Crippen LogP) is 4.74. The SMILES string of the molecule is N#Cc1ccc(OCCCCCCCCCS)c(F)c1. The Balaban J connectivity index is 2.08. The first-order valence-electron chi connectivity index (χ1n) is 7.21. The minimum atomic E-state index is -0.462. The molecule has 0 N–H and O–H groups in total. The van der Waals surface area contributed by atoms with Crippen LogP contribution in [0.2, 0.25) is 0 Å². The second kappa shape index (κ2) is 10.6. The molecular weight excluding hydrogens is 273 g/mol. The van der Waals surface area contributed by atoms with E-state index in [1.807, 2.05) is 6.07 Å². The fraction of sp³-hybridized carbons (Fsp3) is 0.562. The van der Waals surface area contributed by atoms with Crippen LogP contribution in [-0.4, -0.2) is 12.4 Å². The molecule has 0 spiro atoms. The van der Waals surface area contributed by atoms with E-state index in [4.69, 9.17) is 10.00 Å². The quantitative estimate of drug-likeness (QED) is 0.499. The first kappa shape index (κ1) is 16.8. The van der Waals surface area contributed by atoms with Crippen molar-refractivity contribution in [1.82, 2.24) is 0 Å². The van der Waals surface area contributed by atoms with Crippen molar-refractivity contribution >= 4 is 12.6 Å². The van der Waals surface area contributed by atoms with Gasteiger partial charge in [-0.15, -0.1) is 0 Å². The van der Waals surface area contributed by atoms with E-state index in [9.17, 15) is 4.39 Å². The van der Waals surface area contributed by atoms with E-state index in [0.29, 0.717) is 12.2 Å². The standard InChI is InChI=1S/C16H22FNOS/c17-15-12-14(13-18)8-9-16(15)19-10-6-4-2-1-3-5-7-11-20/h8-9,12,20H,1-7,10-11H2. The largest absolute Gasteiger partial charge is 0.491 e. The van der Waals surface area contributed by atoms with E-state index in [-0.39, 0.29) is 5.75 Å². The summed E-state index contributed by atoms with van der Waals surface area (Å²) in [5.74, 6) is 0.748. The maximum atomic E-state index is 13.5. The van der Waals surface area contributed by atoms with Gasteiger partial charge in [-0.2, -0.15) is 17.9 Å². The highest BCUT2D eigenvalue weighted by molar-refractivity contribution is 7.80. The van der Waals surface area contributed by atoms with Crippen LogP contribution in [0.3, 0.4) is 0 Å². The van der Waals surface area contributed by atoms with E-state index >= 15 is 0 Å². The normalized spacial score (nSPS) is 10.2. The minimum absolute atomic E-state index is 0.234. The Morgan fingerprint density at radius 2 is 1.70 bits per heavy atom. The highest BCUT2D eigenvalue weighted by atomic mass is 32.1. The zero-order valence-corrected chi connectivity index (χ0v) is 12.7. The van der Waals surface area contributed by atoms with Crippen molar-refractivity contribution in [3.05, 3.63) is 29.6 Å². The molecule has 0 atom stereocenters. The molecule has 0 aromatic heterocycles. The Morgan fingerprint density at radius 1 is 1.05 bits per heavy atom. The van der Waals surface area contributed by atoms with Crippen LogP contribution < -0.4 is 4.74 Å². The average molecular weight is 295 g/mol. The molecule has 0 aliphatic heterocycles. The Labute approximate surface area is 126 Å². The Morgan fingerprint density at radius 3 is 2.30 bits per heavy atom. The van der Waals surface area contributed by atoms with Gasteiger partial charge in [0.1, 0.15) is 0 Å². The van der Waals surface area contributed by atoms with Gasteiger partial charge in [0.25, 0.3) is 0 Å². The highest BCUT2D eigenvalue weighted by Crippen LogP contribution is 2.18. The van der Waals surface area contributed by atoms with E-state index in [0.717, 1.165) is 18.6 Å². The molecule has 0 aliphatic carbocycles. The van der Waals surface area contributed by atoms with Gasteiger partial charge in [-0.05, 0) is 36.8 Å². The number of hydrogen-bond donors (Lipinski definition) is 1. The van der Waals surface area contributed by atoms with Gasteiger partial charge in [0, 0.05) is 0 Å². The summed E-state index contributed by atoms with van der Waals surface area (Å²) >= 11 is 4.18. The number of nitriles is 1. The summed E-state index contributed by atoms with van der Waals surface area (Å²) in [6.07, 6.45) is 8.22. The fourth-order valence-corrected chi connectivity index (χ4v) is 2.19. The summed E-state index contributed by atoms with van der Waals surface area (Å²) in [4.78, 5) is 0. The lowest BCUT2D eigenvalue weighted by atomic mass is 10.1. The molecule has 0 unspecified atom stereocenters. The molecule has 1 aromatic carbocycles. The molecule has 1 rings (SSSR count). The van der Waals surface area contributed by atoms with Gasteiger partial charge in [0.15, 0.2) is 11.6 Å². The Bertz CT molecular complexity index is 431. The van der Waals surface area contributed by atoms with E-state index in [2.05, 4.69) is 12.6 Å². The Hall–Kier alpha value is -1.21. The zero-order valence-electron chi connectivity index (χ0n) is 11.8. The lowest BCUT2D eigenvalue weighted by Crippen LogP contribution is -1.99. The third-order valence-electron chi connectivity index (χ3n) is 3.12. The van der Waals surface area contributed by atoms with Crippen molar-refractivity contribution in [2.24, 2.45) is 0 Å². The van der Waals surface area contributed by atoms with Gasteiger partial charge < -0.3 is 4.74 Å². The molecule has 0 amide bonds. The highest BCUT2D eigenvalue weighted by Gasteiger charge is 2.04. The number of halogens is 1. The van der Waals surface area contributed by atoms with Gasteiger partial charge in [0.2, 0.25) is 0 Å². The summed E-state index contributed by atoms with van der Waals surface area (Å²) in [5, 5.41) is 8.64. The van der Waals surface area contributed by atoms with Crippen molar-refractivity contribution in [2.45, 2.75) is 44.9 Å².